The zero-order chi connectivity index (χ0) is 61.6. The van der Waals surface area contributed by atoms with Crippen LogP contribution in [0.5, 0.6) is 0 Å². The summed E-state index contributed by atoms with van der Waals surface area (Å²) in [6.45, 7) is 27.7. The standard InChI is InChI=1S/C25H34O5.C24H32O3.C23H29FO3/c1-14-10-18-19(23(4)8-6-17(27)12-20(14)23)7-9-24(5)21(18)11-15(2)25(24,29)22(28)13-30-16(3)26;1-6-20(26)24(27)15(3)12-19-21-14(2)11-16-13-17(25)7-9-22(16,4)18(21)8-10-23(19,24)5;1-5-19(26)23(27)13(2)10-17-20-16(7-9-22(17,23)4)21(3)8-6-15(25)11-14(21)12-18(20)24/h7,12,14-15,18,21,29H,6,8-11,13H2,1-5H3;7-9,13-15,19,21,27H,6,10-12H2,1-5H3;6-8,11,13,17-18,20,27H,5,9-10,12H2,1-4H3/t14?,15-,18?,21?,23-,24+,25+;14?,15-,19?,21?,22-,23-,24-;13-,17?,18?,20?,21-,22-,23-/m100/s1. The molecule has 12 heteroatoms. The molecule has 3 N–H and O–H groups in total. The monoisotopic (exact) mass is 1150 g/mol. The fourth-order valence-corrected chi connectivity index (χ4v) is 21.2. The lowest BCUT2D eigenvalue weighted by atomic mass is 9.48. The Hall–Kier alpha value is -4.78. The third kappa shape index (κ3) is 8.54. The summed E-state index contributed by atoms with van der Waals surface area (Å²) >= 11 is 0. The first-order chi connectivity index (χ1) is 39.1. The molecule has 0 heterocycles. The van der Waals surface area contributed by atoms with Crippen LogP contribution in [0.4, 0.5) is 4.39 Å². The van der Waals surface area contributed by atoms with Gasteiger partial charge in [-0.2, -0.15) is 0 Å². The molecule has 0 radical (unpaired) electrons. The largest absolute Gasteiger partial charge is 0.458 e. The number of allylic oxidation sites excluding steroid dienone is 16. The third-order valence-corrected chi connectivity index (χ3v) is 26.0. The second-order valence-corrected chi connectivity index (χ2v) is 29.9. The molecular formula is C72H95FO11. The first-order valence-electron chi connectivity index (χ1n) is 31.9. The van der Waals surface area contributed by atoms with Crippen LogP contribution >= 0.6 is 0 Å². The normalized spacial score (nSPS) is 47.1. The molecule has 0 aromatic carbocycles. The Kier molecular flexibility index (Phi) is 15.5. The lowest BCUT2D eigenvalue weighted by Crippen LogP contribution is -2.58. The van der Waals surface area contributed by atoms with Gasteiger partial charge in [0.2, 0.25) is 5.78 Å². The summed E-state index contributed by atoms with van der Waals surface area (Å²) in [7, 11) is 0. The van der Waals surface area contributed by atoms with E-state index in [4.69, 9.17) is 4.74 Å². The van der Waals surface area contributed by atoms with Gasteiger partial charge in [-0.05, 0) is 167 Å². The molecule has 11 nitrogen and oxygen atoms in total. The molecule has 12 aliphatic rings. The molecule has 21 atom stereocenters. The molecule has 84 heavy (non-hydrogen) atoms. The van der Waals surface area contributed by atoms with Crippen molar-refractivity contribution in [2.75, 3.05) is 6.61 Å². The van der Waals surface area contributed by atoms with Gasteiger partial charge in [0.1, 0.15) is 23.0 Å². The van der Waals surface area contributed by atoms with Crippen LogP contribution in [0.1, 0.15) is 180 Å². The smallest absolute Gasteiger partial charge is 0.303 e. The van der Waals surface area contributed by atoms with Crippen LogP contribution < -0.4 is 0 Å². The van der Waals surface area contributed by atoms with Gasteiger partial charge >= 0.3 is 5.97 Å². The summed E-state index contributed by atoms with van der Waals surface area (Å²) < 4.78 is 20.4. The molecule has 6 fully saturated rings. The Morgan fingerprint density at radius 1 is 0.583 bits per heavy atom. The summed E-state index contributed by atoms with van der Waals surface area (Å²) in [4.78, 5) is 85.8. The van der Waals surface area contributed by atoms with Crippen LogP contribution in [0.2, 0.25) is 0 Å². The predicted octanol–water partition coefficient (Wildman–Crippen LogP) is 12.3. The van der Waals surface area contributed by atoms with E-state index in [-0.39, 0.29) is 94.1 Å². The van der Waals surface area contributed by atoms with Gasteiger partial charge in [-0.15, -0.1) is 0 Å². The Morgan fingerprint density at radius 3 is 1.52 bits per heavy atom. The maximum Gasteiger partial charge on any atom is 0.303 e. The number of carbonyl (C=O) groups is 7. The topological polar surface area (TPSA) is 189 Å². The van der Waals surface area contributed by atoms with Crippen LogP contribution in [-0.4, -0.2) is 85.6 Å². The highest BCUT2D eigenvalue weighted by Crippen LogP contribution is 2.71. The molecule has 0 spiro atoms. The maximum absolute atomic E-state index is 15.5. The molecule has 0 aromatic heterocycles. The van der Waals surface area contributed by atoms with Crippen molar-refractivity contribution in [3.8, 4) is 0 Å². The van der Waals surface area contributed by atoms with E-state index in [0.717, 1.165) is 49.7 Å². The first kappa shape index (κ1) is 62.3. The number of esters is 1. The van der Waals surface area contributed by atoms with Gasteiger partial charge in [-0.3, -0.25) is 33.6 Å². The van der Waals surface area contributed by atoms with Gasteiger partial charge < -0.3 is 20.1 Å². The minimum atomic E-state index is -1.50. The van der Waals surface area contributed by atoms with E-state index in [2.05, 4.69) is 72.8 Å². The van der Waals surface area contributed by atoms with E-state index in [1.807, 2.05) is 52.8 Å². The van der Waals surface area contributed by atoms with Gasteiger partial charge in [0, 0.05) is 71.0 Å². The summed E-state index contributed by atoms with van der Waals surface area (Å²) in [6.07, 6.45) is 26.6. The highest BCUT2D eigenvalue weighted by molar-refractivity contribution is 6.02. The summed E-state index contributed by atoms with van der Waals surface area (Å²) in [5, 5.41) is 34.9. The minimum Gasteiger partial charge on any atom is -0.458 e. The first-order valence-corrected chi connectivity index (χ1v) is 31.9. The van der Waals surface area contributed by atoms with E-state index in [9.17, 15) is 48.9 Å². The van der Waals surface area contributed by atoms with Crippen LogP contribution in [0.3, 0.4) is 0 Å². The molecule has 456 valence electrons. The number of aliphatic hydroxyl groups is 3. The molecule has 12 aliphatic carbocycles. The van der Waals surface area contributed by atoms with Crippen LogP contribution in [0.15, 0.2) is 94.2 Å². The summed E-state index contributed by atoms with van der Waals surface area (Å²) in [5.41, 5.74) is 0.678. The Morgan fingerprint density at radius 2 is 1.02 bits per heavy atom. The van der Waals surface area contributed by atoms with Crippen molar-refractivity contribution in [3.05, 3.63) is 94.2 Å². The van der Waals surface area contributed by atoms with Crippen molar-refractivity contribution in [2.45, 2.75) is 203 Å². The molecule has 0 amide bonds. The van der Waals surface area contributed by atoms with Gasteiger partial charge in [-0.1, -0.05) is 134 Å². The summed E-state index contributed by atoms with van der Waals surface area (Å²) in [5.74, 6) is 0.281. The Bertz CT molecular complexity index is 3000. The van der Waals surface area contributed by atoms with Gasteiger partial charge in [0.15, 0.2) is 35.5 Å². The average molecular weight is 1160 g/mol. The number of ketones is 6. The maximum atomic E-state index is 15.5. The zero-order valence-corrected chi connectivity index (χ0v) is 52.6. The Labute approximate surface area is 498 Å². The number of rotatable bonds is 7. The van der Waals surface area contributed by atoms with E-state index in [1.54, 1.807) is 25.2 Å². The van der Waals surface area contributed by atoms with Crippen LogP contribution in [0, 0.1) is 97.6 Å². The fourth-order valence-electron chi connectivity index (χ4n) is 21.2. The van der Waals surface area contributed by atoms with Crippen molar-refractivity contribution in [1.29, 1.82) is 0 Å². The van der Waals surface area contributed by atoms with Gasteiger partial charge in [0.05, 0.1) is 0 Å². The van der Waals surface area contributed by atoms with Crippen molar-refractivity contribution < 1.29 is 58.0 Å². The fraction of sp³-hybridized carbons (Fsp3) is 0.681. The number of Topliss-reactive ketones (excluding diaryl/α,β-unsaturated/α-hetero) is 3. The van der Waals surface area contributed by atoms with Crippen molar-refractivity contribution in [3.63, 3.8) is 0 Å². The second kappa shape index (κ2) is 20.9. The third-order valence-electron chi connectivity index (χ3n) is 26.0. The highest BCUT2D eigenvalue weighted by atomic mass is 19.1. The number of hydrogen-bond donors (Lipinski definition) is 3. The number of hydrogen-bond acceptors (Lipinski definition) is 11. The quantitative estimate of drug-likeness (QED) is 0.162. The van der Waals surface area contributed by atoms with E-state index in [0.29, 0.717) is 68.1 Å². The van der Waals surface area contributed by atoms with Gasteiger partial charge in [-0.25, -0.2) is 4.39 Å². The van der Waals surface area contributed by atoms with Crippen LogP contribution in [0.25, 0.3) is 0 Å². The lowest BCUT2D eigenvalue weighted by Gasteiger charge is -2.56. The molecule has 6 saturated carbocycles. The molecule has 0 aliphatic heterocycles. The Balaban J connectivity index is 0.000000141. The SMILES string of the molecule is CC(=O)OCC(=O)[C@@]1(O)[C@H](C)CC2C3CC(C)C4=CC(=O)CC[C@]4(C)C3=CC[C@@]21C.CCC(=O)[C@@]1(O)[C@@H](C)CC2C3C(=CC[C@@]21C)[C@@]1(C)C=CC(=O)C=C1CC3C.CCC(=O)[C@@]1(O)[C@@H](C)CC2C3C(=CC[C@@]21C)[C@@]1(C)C=CC(=O)C=C1CC3F. The summed E-state index contributed by atoms with van der Waals surface area (Å²) in [6, 6.07) is 0. The minimum absolute atomic E-state index is 0.00438. The number of ether oxygens (including phenoxy) is 1. The number of carbonyl (C=O) groups excluding carboxylic acids is 7. The molecule has 12 rings (SSSR count). The number of halogens is 1. The van der Waals surface area contributed by atoms with E-state index >= 15 is 4.39 Å². The molecule has 9 unspecified atom stereocenters. The zero-order valence-electron chi connectivity index (χ0n) is 52.6. The second-order valence-electron chi connectivity index (χ2n) is 29.9. The molecule has 0 saturated heterocycles. The molecular weight excluding hydrogens is 1060 g/mol. The van der Waals surface area contributed by atoms with Crippen molar-refractivity contribution in [1.82, 2.24) is 0 Å². The average Bonchev–Trinajstić information content (AvgIpc) is 1.95. The lowest BCUT2D eigenvalue weighted by molar-refractivity contribution is -0.167. The highest BCUT2D eigenvalue weighted by Gasteiger charge is 2.71. The van der Waals surface area contributed by atoms with E-state index in [1.165, 1.54) is 29.2 Å². The molecule has 0 bridgehead atoms. The van der Waals surface area contributed by atoms with Crippen molar-refractivity contribution >= 4 is 40.7 Å². The molecule has 0 aromatic rings. The van der Waals surface area contributed by atoms with E-state index < -0.39 is 50.6 Å². The van der Waals surface area contributed by atoms with Crippen LogP contribution in [-0.2, 0) is 38.3 Å². The number of fused-ring (bicyclic) bond motifs is 15. The number of alkyl halides is 1. The van der Waals surface area contributed by atoms with Crippen molar-refractivity contribution in [2.24, 2.45) is 97.6 Å². The van der Waals surface area contributed by atoms with Gasteiger partial charge in [0.25, 0.3) is 0 Å². The predicted molar refractivity (Wildman–Crippen MR) is 320 cm³/mol.